The van der Waals surface area contributed by atoms with Crippen LogP contribution in [-0.4, -0.2) is 15.0 Å². The van der Waals surface area contributed by atoms with Crippen LogP contribution in [0.2, 0.25) is 0 Å². The Morgan fingerprint density at radius 2 is 0.615 bits per heavy atom. The Hall–Kier alpha value is -7.84. The lowest BCUT2D eigenvalue weighted by Crippen LogP contribution is -2.26. The van der Waals surface area contributed by atoms with Gasteiger partial charge in [-0.25, -0.2) is 15.0 Å². The second kappa shape index (κ2) is 19.0. The van der Waals surface area contributed by atoms with Gasteiger partial charge in [-0.1, -0.05) is 78.9 Å². The third-order valence-electron chi connectivity index (χ3n) is 18.8. The fourth-order valence-electron chi connectivity index (χ4n) is 12.8. The Balaban J connectivity index is 1.32. The van der Waals surface area contributed by atoms with E-state index in [0.29, 0.717) is 35.1 Å². The molecule has 9 aromatic rings. The van der Waals surface area contributed by atoms with Crippen LogP contribution in [0.3, 0.4) is 0 Å². The van der Waals surface area contributed by atoms with E-state index in [9.17, 15) is 0 Å². The molecule has 2 aliphatic rings. The molecule has 0 saturated heterocycles. The Labute approximate surface area is 458 Å². The summed E-state index contributed by atoms with van der Waals surface area (Å²) in [6.07, 6.45) is -3.21. The lowest BCUT2D eigenvalue weighted by Gasteiger charge is -2.42. The van der Waals surface area contributed by atoms with E-state index < -0.39 is 11.7 Å². The van der Waals surface area contributed by atoms with Gasteiger partial charge in [0.05, 0.1) is 39.7 Å². The standard InChI is InChI=1S/C70H68F3N5/c1-35-39(5)47(13)63-57(43(35)9)33-58-44(10)36(2)40(6)48(14)64(58)77(63)61-31-53(69-75-67(51-23-19-17-20-24-51)74-68(76-69)52-25-21-18-22-26-52)27-29-55(61)56-30-28-54(70(71,72)73)32-62(56)78-65-49(15)41(7)37(3)45(11)59(65)34-60-46(12)38(4)42(8)50(16)66(60)78/h17-32H,33-34H2,1-16H3. The molecule has 0 amide bonds. The van der Waals surface area contributed by atoms with Crippen molar-refractivity contribution in [3.63, 3.8) is 0 Å². The normalized spacial score (nSPS) is 12.9. The zero-order chi connectivity index (χ0) is 55.7. The highest BCUT2D eigenvalue weighted by molar-refractivity contribution is 6.02. The van der Waals surface area contributed by atoms with E-state index in [1.165, 1.54) is 67.8 Å². The van der Waals surface area contributed by atoms with Gasteiger partial charge < -0.3 is 9.80 Å². The van der Waals surface area contributed by atoms with E-state index in [2.05, 4.69) is 133 Å². The summed E-state index contributed by atoms with van der Waals surface area (Å²) in [5.74, 6) is 1.55. The van der Waals surface area contributed by atoms with Gasteiger partial charge in [0, 0.05) is 40.7 Å². The van der Waals surface area contributed by atoms with Crippen molar-refractivity contribution in [2.45, 2.75) is 130 Å². The lowest BCUT2D eigenvalue weighted by atomic mass is 9.80. The molecule has 0 atom stereocenters. The number of nitrogens with zero attached hydrogens (tertiary/aromatic N) is 5. The van der Waals surface area contributed by atoms with E-state index in [1.54, 1.807) is 6.07 Å². The second-order valence-electron chi connectivity index (χ2n) is 22.3. The van der Waals surface area contributed by atoms with Gasteiger partial charge in [-0.3, -0.25) is 0 Å². The highest BCUT2D eigenvalue weighted by Crippen LogP contribution is 2.58. The molecular weight excluding hydrogens is 968 g/mol. The van der Waals surface area contributed by atoms with Crippen molar-refractivity contribution in [3.8, 4) is 45.3 Å². The van der Waals surface area contributed by atoms with Crippen LogP contribution in [0.15, 0.2) is 97.1 Å². The molecule has 394 valence electrons. The summed E-state index contributed by atoms with van der Waals surface area (Å²) in [6.45, 7) is 35.1. The molecular formula is C70H68F3N5. The van der Waals surface area contributed by atoms with Crippen LogP contribution in [0.25, 0.3) is 45.3 Å². The minimum Gasteiger partial charge on any atom is -0.309 e. The summed E-state index contributed by atoms with van der Waals surface area (Å²) in [6, 6.07) is 30.7. The van der Waals surface area contributed by atoms with Crippen LogP contribution in [-0.2, 0) is 19.0 Å². The summed E-state index contributed by atoms with van der Waals surface area (Å²) >= 11 is 0. The van der Waals surface area contributed by atoms with Crippen molar-refractivity contribution in [1.29, 1.82) is 0 Å². The molecule has 78 heavy (non-hydrogen) atoms. The van der Waals surface area contributed by atoms with Gasteiger partial charge in [-0.05, 0) is 240 Å². The molecule has 0 fully saturated rings. The van der Waals surface area contributed by atoms with Gasteiger partial charge in [-0.15, -0.1) is 0 Å². The van der Waals surface area contributed by atoms with E-state index in [4.69, 9.17) is 15.0 Å². The maximum Gasteiger partial charge on any atom is 0.416 e. The predicted molar refractivity (Wildman–Crippen MR) is 317 cm³/mol. The number of halogens is 3. The molecule has 0 aliphatic carbocycles. The molecule has 0 bridgehead atoms. The molecule has 1 aromatic heterocycles. The van der Waals surface area contributed by atoms with Crippen molar-refractivity contribution in [1.82, 2.24) is 15.0 Å². The molecule has 2 aliphatic heterocycles. The van der Waals surface area contributed by atoms with Crippen molar-refractivity contribution in [2.75, 3.05) is 9.80 Å². The van der Waals surface area contributed by atoms with Crippen LogP contribution in [0, 0.1) is 111 Å². The lowest BCUT2D eigenvalue weighted by molar-refractivity contribution is -0.137. The summed E-state index contributed by atoms with van der Waals surface area (Å²) in [7, 11) is 0. The zero-order valence-electron chi connectivity index (χ0n) is 48.0. The minimum atomic E-state index is -4.63. The molecule has 0 saturated carbocycles. The molecule has 8 aromatic carbocycles. The predicted octanol–water partition coefficient (Wildman–Crippen LogP) is 19.2. The van der Waals surface area contributed by atoms with E-state index >= 15 is 13.2 Å². The van der Waals surface area contributed by atoms with Crippen LogP contribution in [0.1, 0.15) is 117 Å². The smallest absolute Gasteiger partial charge is 0.309 e. The quantitative estimate of drug-likeness (QED) is 0.166. The van der Waals surface area contributed by atoms with Crippen molar-refractivity contribution < 1.29 is 13.2 Å². The van der Waals surface area contributed by atoms with E-state index in [0.717, 1.165) is 113 Å². The molecule has 0 N–H and O–H groups in total. The largest absolute Gasteiger partial charge is 0.416 e. The van der Waals surface area contributed by atoms with Crippen molar-refractivity contribution in [2.24, 2.45) is 0 Å². The summed E-state index contributed by atoms with van der Waals surface area (Å²) in [5.41, 5.74) is 32.1. The van der Waals surface area contributed by atoms with Gasteiger partial charge in [0.1, 0.15) is 0 Å². The van der Waals surface area contributed by atoms with Gasteiger partial charge in [0.25, 0.3) is 0 Å². The topological polar surface area (TPSA) is 45.2 Å². The van der Waals surface area contributed by atoms with Crippen LogP contribution >= 0.6 is 0 Å². The second-order valence-corrected chi connectivity index (χ2v) is 22.3. The maximum absolute atomic E-state index is 15.7. The number of benzene rings is 8. The molecule has 11 rings (SSSR count). The summed E-state index contributed by atoms with van der Waals surface area (Å²) < 4.78 is 47.1. The first kappa shape index (κ1) is 52.2. The number of aromatic nitrogens is 3. The number of rotatable bonds is 6. The maximum atomic E-state index is 15.7. The van der Waals surface area contributed by atoms with Crippen LogP contribution < -0.4 is 9.80 Å². The fraction of sp³-hybridized carbons (Fsp3) is 0.271. The SMILES string of the molecule is Cc1c(C)c(C)c2c(c1C)Cc1c(C)c(C)c(C)c(C)c1N2c1cc(-c2nc(-c3ccccc3)nc(-c3ccccc3)n2)ccc1-c1ccc(C(F)(F)F)cc1N1c2c(C)c(C)c(C)c(C)c2Cc2c(C)c(C)c(C)c(C)c21. The monoisotopic (exact) mass is 1040 g/mol. The van der Waals surface area contributed by atoms with Gasteiger partial charge in [0.15, 0.2) is 17.5 Å². The number of fused-ring (bicyclic) bond motifs is 4. The van der Waals surface area contributed by atoms with Crippen LogP contribution in [0.4, 0.5) is 47.3 Å². The first-order valence-electron chi connectivity index (χ1n) is 27.2. The first-order chi connectivity index (χ1) is 37.0. The Kier molecular flexibility index (Phi) is 12.7. The zero-order valence-corrected chi connectivity index (χ0v) is 48.0. The Morgan fingerprint density at radius 3 is 0.949 bits per heavy atom. The average Bonchev–Trinajstić information content (AvgIpc) is 2.33. The number of anilines is 6. The van der Waals surface area contributed by atoms with E-state index in [1.807, 2.05) is 66.7 Å². The molecule has 0 radical (unpaired) electrons. The molecule has 8 heteroatoms. The van der Waals surface area contributed by atoms with E-state index in [-0.39, 0.29) is 0 Å². The number of alkyl halides is 3. The third kappa shape index (κ3) is 7.99. The Morgan fingerprint density at radius 1 is 0.321 bits per heavy atom. The minimum absolute atomic E-state index is 0.467. The molecule has 5 nitrogen and oxygen atoms in total. The van der Waals surface area contributed by atoms with Crippen molar-refractivity contribution >= 4 is 34.1 Å². The van der Waals surface area contributed by atoms with Crippen LogP contribution in [0.5, 0.6) is 0 Å². The fourth-order valence-corrected chi connectivity index (χ4v) is 12.8. The third-order valence-corrected chi connectivity index (χ3v) is 18.8. The molecule has 3 heterocycles. The van der Waals surface area contributed by atoms with Gasteiger partial charge in [-0.2, -0.15) is 13.2 Å². The summed E-state index contributed by atoms with van der Waals surface area (Å²) in [5, 5.41) is 0. The van der Waals surface area contributed by atoms with Crippen molar-refractivity contribution in [3.05, 3.63) is 214 Å². The average molecular weight is 1040 g/mol. The van der Waals surface area contributed by atoms with Gasteiger partial charge in [0.2, 0.25) is 0 Å². The summed E-state index contributed by atoms with van der Waals surface area (Å²) in [4.78, 5) is 20.3. The highest BCUT2D eigenvalue weighted by Gasteiger charge is 2.39. The number of hydrogen-bond donors (Lipinski definition) is 0. The number of hydrogen-bond acceptors (Lipinski definition) is 5. The highest BCUT2D eigenvalue weighted by atomic mass is 19.4. The van der Waals surface area contributed by atoms with Gasteiger partial charge >= 0.3 is 6.18 Å². The first-order valence-corrected chi connectivity index (χ1v) is 27.2. The molecule has 0 unspecified atom stereocenters. The Bertz CT molecular complexity index is 3820. The molecule has 0 spiro atoms.